The maximum atomic E-state index is 12.3. The molecule has 1 amide bonds. The number of sulfonamides is 1. The fourth-order valence-corrected chi connectivity index (χ4v) is 3.09. The topological polar surface area (TPSA) is 93.7 Å². The first-order valence-corrected chi connectivity index (χ1v) is 9.41. The number of hydrogen-bond donors (Lipinski definition) is 2. The Balaban J connectivity index is 2.10. The highest BCUT2D eigenvalue weighted by Gasteiger charge is 2.17. The van der Waals surface area contributed by atoms with Crippen molar-refractivity contribution in [2.75, 3.05) is 14.2 Å². The number of amides is 1. The fraction of sp³-hybridized carbons (Fsp3) is 0.278. The lowest BCUT2D eigenvalue weighted by Crippen LogP contribution is -2.41. The van der Waals surface area contributed by atoms with Gasteiger partial charge in [-0.15, -0.1) is 4.83 Å². The van der Waals surface area contributed by atoms with E-state index in [0.29, 0.717) is 17.4 Å². The Labute approximate surface area is 153 Å². The van der Waals surface area contributed by atoms with Gasteiger partial charge >= 0.3 is 0 Å². The van der Waals surface area contributed by atoms with Crippen LogP contribution >= 0.6 is 0 Å². The summed E-state index contributed by atoms with van der Waals surface area (Å²) in [7, 11) is -0.942. The Morgan fingerprint density at radius 1 is 0.962 bits per heavy atom. The maximum Gasteiger partial charge on any atom is 0.266 e. The minimum atomic E-state index is -3.87. The van der Waals surface area contributed by atoms with Crippen LogP contribution in [0, 0.1) is 0 Å². The van der Waals surface area contributed by atoms with Gasteiger partial charge in [-0.05, 0) is 41.8 Å². The summed E-state index contributed by atoms with van der Waals surface area (Å²) in [6.07, 6.45) is 0. The molecular weight excluding hydrogens is 356 g/mol. The third-order valence-electron chi connectivity index (χ3n) is 3.80. The van der Waals surface area contributed by atoms with E-state index in [4.69, 9.17) is 9.47 Å². The lowest BCUT2D eigenvalue weighted by Gasteiger charge is -2.12. The van der Waals surface area contributed by atoms with Gasteiger partial charge < -0.3 is 9.47 Å². The molecule has 0 spiro atoms. The van der Waals surface area contributed by atoms with Crippen LogP contribution in [0.25, 0.3) is 0 Å². The Hall–Kier alpha value is -2.58. The van der Waals surface area contributed by atoms with Crippen LogP contribution in [0.1, 0.15) is 35.7 Å². The molecule has 0 radical (unpaired) electrons. The molecule has 0 aromatic heterocycles. The number of hydrazine groups is 1. The molecule has 2 aromatic carbocycles. The van der Waals surface area contributed by atoms with E-state index < -0.39 is 15.9 Å². The number of hydrogen-bond acceptors (Lipinski definition) is 5. The summed E-state index contributed by atoms with van der Waals surface area (Å²) < 4.78 is 34.8. The van der Waals surface area contributed by atoms with Gasteiger partial charge in [-0.3, -0.25) is 10.2 Å². The van der Waals surface area contributed by atoms with Crippen molar-refractivity contribution < 1.29 is 22.7 Å². The Morgan fingerprint density at radius 3 is 2.12 bits per heavy atom. The number of benzene rings is 2. The molecular formula is C18H22N2O5S. The molecule has 0 atom stereocenters. The van der Waals surface area contributed by atoms with Crippen LogP contribution < -0.4 is 19.7 Å². The normalized spacial score (nSPS) is 11.3. The molecule has 7 nitrogen and oxygen atoms in total. The minimum Gasteiger partial charge on any atom is -0.493 e. The van der Waals surface area contributed by atoms with Crippen molar-refractivity contribution >= 4 is 15.9 Å². The molecule has 0 saturated heterocycles. The van der Waals surface area contributed by atoms with Crippen molar-refractivity contribution in [2.24, 2.45) is 0 Å². The zero-order chi connectivity index (χ0) is 19.3. The van der Waals surface area contributed by atoms with Gasteiger partial charge in [-0.2, -0.15) is 0 Å². The lowest BCUT2D eigenvalue weighted by molar-refractivity contribution is 0.0944. The molecule has 0 fully saturated rings. The standard InChI is InChI=1S/C18H22N2O5S/c1-12(2)13-5-8-15(9-6-13)26(22,23)20-19-18(21)14-7-10-16(24-3)17(11-14)25-4/h5-12,20H,1-4H3,(H,19,21). The zero-order valence-corrected chi connectivity index (χ0v) is 15.9. The zero-order valence-electron chi connectivity index (χ0n) is 15.1. The molecule has 140 valence electrons. The van der Waals surface area contributed by atoms with Crippen LogP contribution in [-0.4, -0.2) is 28.5 Å². The second kappa shape index (κ2) is 8.20. The molecule has 26 heavy (non-hydrogen) atoms. The lowest BCUT2D eigenvalue weighted by atomic mass is 10.0. The third kappa shape index (κ3) is 4.53. The van der Waals surface area contributed by atoms with Crippen molar-refractivity contribution in [3.8, 4) is 11.5 Å². The molecule has 2 rings (SSSR count). The molecule has 8 heteroatoms. The smallest absolute Gasteiger partial charge is 0.266 e. The SMILES string of the molecule is COc1ccc(C(=O)NNS(=O)(=O)c2ccc(C(C)C)cc2)cc1OC. The van der Waals surface area contributed by atoms with E-state index in [-0.39, 0.29) is 10.5 Å². The van der Waals surface area contributed by atoms with Gasteiger partial charge in [0.15, 0.2) is 11.5 Å². The minimum absolute atomic E-state index is 0.0644. The Morgan fingerprint density at radius 2 is 1.58 bits per heavy atom. The summed E-state index contributed by atoms with van der Waals surface area (Å²) in [6.45, 7) is 4.04. The van der Waals surface area contributed by atoms with Crippen LogP contribution in [0.3, 0.4) is 0 Å². The summed E-state index contributed by atoms with van der Waals surface area (Å²) in [4.78, 5) is 14.4. The average molecular weight is 378 g/mol. The molecule has 0 saturated carbocycles. The first-order valence-electron chi connectivity index (χ1n) is 7.92. The summed E-state index contributed by atoms with van der Waals surface area (Å²) in [5, 5.41) is 0. The van der Waals surface area contributed by atoms with Gasteiger partial charge in [0, 0.05) is 5.56 Å². The first kappa shape index (κ1) is 19.7. The molecule has 0 aliphatic heterocycles. The van der Waals surface area contributed by atoms with Gasteiger partial charge in [-0.25, -0.2) is 8.42 Å². The molecule has 2 N–H and O–H groups in total. The van der Waals surface area contributed by atoms with Crippen molar-refractivity contribution in [1.29, 1.82) is 0 Å². The van der Waals surface area contributed by atoms with E-state index in [9.17, 15) is 13.2 Å². The van der Waals surface area contributed by atoms with Gasteiger partial charge in [-0.1, -0.05) is 26.0 Å². The van der Waals surface area contributed by atoms with E-state index in [1.807, 2.05) is 13.8 Å². The third-order valence-corrected chi connectivity index (χ3v) is 5.07. The molecule has 0 bridgehead atoms. The Kier molecular flexibility index (Phi) is 6.23. The van der Waals surface area contributed by atoms with Crippen molar-refractivity contribution in [2.45, 2.75) is 24.7 Å². The highest BCUT2D eigenvalue weighted by Crippen LogP contribution is 2.27. The number of carbonyl (C=O) groups excluding carboxylic acids is 1. The van der Waals surface area contributed by atoms with Crippen LogP contribution in [0.4, 0.5) is 0 Å². The Bertz CT molecular complexity index is 877. The van der Waals surface area contributed by atoms with Gasteiger partial charge in [0.25, 0.3) is 15.9 Å². The summed E-state index contributed by atoms with van der Waals surface area (Å²) in [5.41, 5.74) is 3.44. The van der Waals surface area contributed by atoms with E-state index in [0.717, 1.165) is 5.56 Å². The van der Waals surface area contributed by atoms with E-state index >= 15 is 0 Å². The van der Waals surface area contributed by atoms with Crippen LogP contribution in [-0.2, 0) is 10.0 Å². The number of nitrogens with one attached hydrogen (secondary N) is 2. The second-order valence-corrected chi connectivity index (χ2v) is 7.54. The van der Waals surface area contributed by atoms with E-state index in [2.05, 4.69) is 10.3 Å². The monoisotopic (exact) mass is 378 g/mol. The highest BCUT2D eigenvalue weighted by atomic mass is 32.2. The van der Waals surface area contributed by atoms with Gasteiger partial charge in [0.05, 0.1) is 19.1 Å². The number of rotatable bonds is 7. The summed E-state index contributed by atoms with van der Waals surface area (Å²) >= 11 is 0. The first-order chi connectivity index (χ1) is 12.3. The van der Waals surface area contributed by atoms with Crippen molar-refractivity contribution in [1.82, 2.24) is 10.3 Å². The number of carbonyl (C=O) groups is 1. The molecule has 0 heterocycles. The molecule has 0 aliphatic rings. The predicted octanol–water partition coefficient (Wildman–Crippen LogP) is 2.45. The molecule has 0 unspecified atom stereocenters. The predicted molar refractivity (Wildman–Crippen MR) is 97.9 cm³/mol. The molecule has 0 aliphatic carbocycles. The second-order valence-electron chi connectivity index (χ2n) is 5.85. The van der Waals surface area contributed by atoms with Crippen LogP contribution in [0.2, 0.25) is 0 Å². The molecule has 2 aromatic rings. The quantitative estimate of drug-likeness (QED) is 0.722. The van der Waals surface area contributed by atoms with Crippen LogP contribution in [0.5, 0.6) is 11.5 Å². The van der Waals surface area contributed by atoms with E-state index in [1.165, 1.54) is 38.5 Å². The van der Waals surface area contributed by atoms with Crippen molar-refractivity contribution in [3.05, 3.63) is 53.6 Å². The summed E-state index contributed by atoms with van der Waals surface area (Å²) in [5.74, 6) is 0.514. The van der Waals surface area contributed by atoms with Crippen LogP contribution in [0.15, 0.2) is 47.4 Å². The van der Waals surface area contributed by atoms with E-state index in [1.54, 1.807) is 18.2 Å². The number of ether oxygens (including phenoxy) is 2. The van der Waals surface area contributed by atoms with Crippen molar-refractivity contribution in [3.63, 3.8) is 0 Å². The van der Waals surface area contributed by atoms with Gasteiger partial charge in [0.2, 0.25) is 0 Å². The largest absolute Gasteiger partial charge is 0.493 e. The highest BCUT2D eigenvalue weighted by molar-refractivity contribution is 7.89. The maximum absolute atomic E-state index is 12.3. The fourth-order valence-electron chi connectivity index (χ4n) is 2.25. The summed E-state index contributed by atoms with van der Waals surface area (Å²) in [6, 6.07) is 11.0. The number of methoxy groups -OCH3 is 2. The average Bonchev–Trinajstić information content (AvgIpc) is 2.65. The van der Waals surface area contributed by atoms with Gasteiger partial charge in [0.1, 0.15) is 0 Å².